The Balaban J connectivity index is 1.85. The van der Waals surface area contributed by atoms with Crippen LogP contribution in [-0.2, 0) is 4.79 Å². The maximum Gasteiger partial charge on any atom is 0.225 e. The number of nitrogens with one attached hydrogen (secondary N) is 1. The van der Waals surface area contributed by atoms with E-state index in [1.165, 1.54) is 24.8 Å². The van der Waals surface area contributed by atoms with Crippen LogP contribution < -0.4 is 5.32 Å². The average molecular weight is 364 g/mol. The topological polar surface area (TPSA) is 46.4 Å². The molecule has 0 radical (unpaired) electrons. The van der Waals surface area contributed by atoms with Crippen molar-refractivity contribution in [3.63, 3.8) is 0 Å². The number of carbonyl (C=O) groups is 1. The van der Waals surface area contributed by atoms with Gasteiger partial charge in [0.05, 0.1) is 0 Å². The molecule has 0 aliphatic heterocycles. The van der Waals surface area contributed by atoms with E-state index in [1.807, 2.05) is 22.7 Å². The van der Waals surface area contributed by atoms with Gasteiger partial charge in [0, 0.05) is 18.2 Å². The second kappa shape index (κ2) is 8.85. The van der Waals surface area contributed by atoms with E-state index in [4.69, 9.17) is 4.98 Å². The number of hydrogen-bond acceptors (Lipinski definition) is 2. The van der Waals surface area contributed by atoms with Gasteiger partial charge in [0.2, 0.25) is 5.91 Å². The number of benzene rings is 1. The van der Waals surface area contributed by atoms with Gasteiger partial charge < -0.3 is 5.32 Å². The molecule has 3 rings (SSSR count). The van der Waals surface area contributed by atoms with E-state index in [2.05, 4.69) is 50.4 Å². The van der Waals surface area contributed by atoms with Crippen molar-refractivity contribution >= 4 is 17.4 Å². The van der Waals surface area contributed by atoms with Gasteiger partial charge in [-0.3, -0.25) is 9.20 Å². The van der Waals surface area contributed by atoms with Crippen molar-refractivity contribution in [2.45, 2.75) is 59.3 Å². The summed E-state index contributed by atoms with van der Waals surface area (Å²) >= 11 is 0. The lowest BCUT2D eigenvalue weighted by molar-refractivity contribution is -0.116. The van der Waals surface area contributed by atoms with Crippen molar-refractivity contribution in [2.24, 2.45) is 0 Å². The summed E-state index contributed by atoms with van der Waals surface area (Å²) in [7, 11) is 0. The van der Waals surface area contributed by atoms with Crippen LogP contribution in [0.5, 0.6) is 0 Å². The summed E-state index contributed by atoms with van der Waals surface area (Å²) in [5, 5.41) is 3.12. The van der Waals surface area contributed by atoms with Crippen LogP contribution in [0.2, 0.25) is 0 Å². The molecule has 1 amide bonds. The van der Waals surface area contributed by atoms with Gasteiger partial charge in [-0.25, -0.2) is 4.98 Å². The fourth-order valence-electron chi connectivity index (χ4n) is 3.26. The number of amides is 1. The highest BCUT2D eigenvalue weighted by molar-refractivity contribution is 5.94. The summed E-state index contributed by atoms with van der Waals surface area (Å²) in [5.74, 6) is 0.814. The Morgan fingerprint density at radius 2 is 1.74 bits per heavy atom. The van der Waals surface area contributed by atoms with Crippen molar-refractivity contribution < 1.29 is 4.79 Å². The molecule has 0 fully saturated rings. The molecule has 0 spiro atoms. The van der Waals surface area contributed by atoms with Gasteiger partial charge >= 0.3 is 0 Å². The molecule has 4 nitrogen and oxygen atoms in total. The molecule has 0 atom stereocenters. The number of aromatic nitrogens is 2. The summed E-state index contributed by atoms with van der Waals surface area (Å²) in [6.07, 6.45) is 8.23. The summed E-state index contributed by atoms with van der Waals surface area (Å²) in [5.41, 5.74) is 5.04. The zero-order valence-corrected chi connectivity index (χ0v) is 16.6. The minimum Gasteiger partial charge on any atom is -0.310 e. The van der Waals surface area contributed by atoms with E-state index < -0.39 is 0 Å². The van der Waals surface area contributed by atoms with Crippen LogP contribution in [0.3, 0.4) is 0 Å². The highest BCUT2D eigenvalue weighted by atomic mass is 16.1. The number of unbranched alkanes of at least 4 members (excludes halogenated alkanes) is 4. The molecule has 2 heterocycles. The van der Waals surface area contributed by atoms with Crippen LogP contribution in [0.15, 0.2) is 42.6 Å². The lowest BCUT2D eigenvalue weighted by atomic mass is 10.1. The van der Waals surface area contributed by atoms with E-state index in [1.54, 1.807) is 0 Å². The van der Waals surface area contributed by atoms with Gasteiger partial charge in [-0.2, -0.15) is 0 Å². The van der Waals surface area contributed by atoms with Gasteiger partial charge in [-0.1, -0.05) is 62.4 Å². The second-order valence-corrected chi connectivity index (χ2v) is 7.32. The largest absolute Gasteiger partial charge is 0.310 e. The van der Waals surface area contributed by atoms with Crippen LogP contribution in [0.4, 0.5) is 5.82 Å². The van der Waals surface area contributed by atoms with Crippen molar-refractivity contribution in [2.75, 3.05) is 5.32 Å². The van der Waals surface area contributed by atoms with Crippen molar-refractivity contribution in [3.05, 3.63) is 53.7 Å². The number of rotatable bonds is 8. The quantitative estimate of drug-likeness (QED) is 0.505. The minimum atomic E-state index is 0.0576. The third-order valence-electron chi connectivity index (χ3n) is 4.87. The molecule has 1 N–H and O–H groups in total. The first-order chi connectivity index (χ1) is 13.1. The smallest absolute Gasteiger partial charge is 0.225 e. The molecule has 0 saturated heterocycles. The lowest BCUT2D eigenvalue weighted by Crippen LogP contribution is -2.13. The van der Waals surface area contributed by atoms with Gasteiger partial charge in [-0.05, 0) is 38.0 Å². The fraction of sp³-hybridized carbons (Fsp3) is 0.391. The molecule has 0 saturated carbocycles. The molecule has 1 aromatic carbocycles. The molecule has 0 aliphatic carbocycles. The molecule has 27 heavy (non-hydrogen) atoms. The lowest BCUT2D eigenvalue weighted by Gasteiger charge is -2.08. The number of fused-ring (bicyclic) bond motifs is 1. The Kier molecular flexibility index (Phi) is 6.28. The molecule has 3 aromatic rings. The molecule has 0 bridgehead atoms. The summed E-state index contributed by atoms with van der Waals surface area (Å²) in [6, 6.07) is 12.3. The molecule has 142 valence electrons. The number of hydrogen-bond donors (Lipinski definition) is 1. The maximum absolute atomic E-state index is 12.5. The van der Waals surface area contributed by atoms with E-state index in [0.29, 0.717) is 6.42 Å². The van der Waals surface area contributed by atoms with Gasteiger partial charge in [0.25, 0.3) is 0 Å². The third kappa shape index (κ3) is 4.76. The Bertz CT molecular complexity index is 909. The van der Waals surface area contributed by atoms with E-state index in [9.17, 15) is 4.79 Å². The van der Waals surface area contributed by atoms with Gasteiger partial charge in [0.1, 0.15) is 17.2 Å². The van der Waals surface area contributed by atoms with Crippen molar-refractivity contribution in [1.82, 2.24) is 9.38 Å². The van der Waals surface area contributed by atoms with Crippen LogP contribution in [0.25, 0.3) is 16.9 Å². The summed E-state index contributed by atoms with van der Waals surface area (Å²) in [4.78, 5) is 17.3. The standard InChI is InChI=1S/C23H29N3O/c1-4-5-6-7-8-9-21(27)25-23-22(19-12-10-17(2)11-13-19)24-20-16-18(3)14-15-26(20)23/h10-16H,4-9H2,1-3H3,(H,25,27). The molecular weight excluding hydrogens is 334 g/mol. The number of carbonyl (C=O) groups excluding carboxylic acids is 1. The molecule has 0 unspecified atom stereocenters. The first-order valence-electron chi connectivity index (χ1n) is 9.94. The highest BCUT2D eigenvalue weighted by Gasteiger charge is 2.16. The number of nitrogens with zero attached hydrogens (tertiary/aromatic N) is 2. The fourth-order valence-corrected chi connectivity index (χ4v) is 3.26. The molecule has 2 aromatic heterocycles. The van der Waals surface area contributed by atoms with Crippen LogP contribution >= 0.6 is 0 Å². The normalized spacial score (nSPS) is 11.1. The van der Waals surface area contributed by atoms with Crippen LogP contribution in [0, 0.1) is 13.8 Å². The van der Waals surface area contributed by atoms with Crippen LogP contribution in [-0.4, -0.2) is 15.3 Å². The third-order valence-corrected chi connectivity index (χ3v) is 4.87. The van der Waals surface area contributed by atoms with Gasteiger partial charge in [-0.15, -0.1) is 0 Å². The number of pyridine rings is 1. The first kappa shape index (κ1) is 19.2. The second-order valence-electron chi connectivity index (χ2n) is 7.32. The van der Waals surface area contributed by atoms with E-state index in [0.717, 1.165) is 41.1 Å². The molecular formula is C23H29N3O. The molecule has 0 aliphatic rings. The zero-order valence-electron chi connectivity index (χ0n) is 16.6. The molecule has 4 heteroatoms. The van der Waals surface area contributed by atoms with Gasteiger partial charge in [0.15, 0.2) is 0 Å². The average Bonchev–Trinajstić information content (AvgIpc) is 2.99. The zero-order chi connectivity index (χ0) is 19.2. The maximum atomic E-state index is 12.5. The Morgan fingerprint density at radius 3 is 2.48 bits per heavy atom. The predicted octanol–water partition coefficient (Wildman–Crippen LogP) is 5.92. The van der Waals surface area contributed by atoms with Crippen LogP contribution in [0.1, 0.15) is 56.6 Å². The number of imidazole rings is 1. The first-order valence-corrected chi connectivity index (χ1v) is 9.94. The summed E-state index contributed by atoms with van der Waals surface area (Å²) < 4.78 is 1.97. The minimum absolute atomic E-state index is 0.0576. The Morgan fingerprint density at radius 1 is 1.00 bits per heavy atom. The highest BCUT2D eigenvalue weighted by Crippen LogP contribution is 2.29. The van der Waals surface area contributed by atoms with E-state index in [-0.39, 0.29) is 5.91 Å². The number of anilines is 1. The Hall–Kier alpha value is -2.62. The van der Waals surface area contributed by atoms with Crippen molar-refractivity contribution in [3.8, 4) is 11.3 Å². The van der Waals surface area contributed by atoms with E-state index >= 15 is 0 Å². The SMILES string of the molecule is CCCCCCCC(=O)Nc1c(-c2ccc(C)cc2)nc2cc(C)ccn12. The van der Waals surface area contributed by atoms with Crippen molar-refractivity contribution in [1.29, 1.82) is 0 Å². The Labute approximate surface area is 161 Å². The number of aryl methyl sites for hydroxylation is 2. The predicted molar refractivity (Wildman–Crippen MR) is 112 cm³/mol. The monoisotopic (exact) mass is 363 g/mol. The summed E-state index contributed by atoms with van der Waals surface area (Å²) in [6.45, 7) is 6.32.